The van der Waals surface area contributed by atoms with Crippen molar-refractivity contribution in [3.63, 3.8) is 0 Å². The largest absolute Gasteiger partial charge is 0.463 e. The number of ether oxygens (including phenoxy) is 2. The van der Waals surface area contributed by atoms with E-state index in [1.807, 2.05) is 6.07 Å². The number of rotatable bonds is 4. The Hall–Kier alpha value is -1.33. The highest BCUT2D eigenvalue weighted by atomic mass is 16.5. The number of likely N-dealkylation sites (tertiary alicyclic amines) is 1. The van der Waals surface area contributed by atoms with E-state index in [1.165, 1.54) is 7.11 Å². The van der Waals surface area contributed by atoms with Crippen LogP contribution in [-0.4, -0.2) is 44.3 Å². The number of methoxy groups -OCH3 is 2. The summed E-state index contributed by atoms with van der Waals surface area (Å²) in [6.07, 6.45) is 2.43. The first-order chi connectivity index (χ1) is 9.15. The zero-order valence-corrected chi connectivity index (χ0v) is 11.7. The zero-order chi connectivity index (χ0) is 13.8. The third-order valence-electron chi connectivity index (χ3n) is 3.78. The molecule has 1 fully saturated rings. The Balaban J connectivity index is 1.98. The van der Waals surface area contributed by atoms with Crippen LogP contribution >= 0.6 is 0 Å². The highest BCUT2D eigenvalue weighted by Crippen LogP contribution is 2.26. The molecular formula is C14H21NO4. The third-order valence-corrected chi connectivity index (χ3v) is 3.78. The van der Waals surface area contributed by atoms with Gasteiger partial charge in [-0.2, -0.15) is 0 Å². The molecule has 0 saturated carbocycles. The van der Waals surface area contributed by atoms with Crippen LogP contribution in [0.4, 0.5) is 0 Å². The molecule has 0 N–H and O–H groups in total. The summed E-state index contributed by atoms with van der Waals surface area (Å²) in [5.74, 6) is 0.629. The molecule has 2 heterocycles. The van der Waals surface area contributed by atoms with Crippen LogP contribution in [0, 0.1) is 0 Å². The van der Waals surface area contributed by atoms with E-state index in [0.29, 0.717) is 6.10 Å². The number of piperidine rings is 1. The first-order valence-corrected chi connectivity index (χ1v) is 6.60. The molecular weight excluding hydrogens is 246 g/mol. The number of hydrogen-bond acceptors (Lipinski definition) is 5. The molecule has 0 bridgehead atoms. The fraction of sp³-hybridized carbons (Fsp3) is 0.643. The summed E-state index contributed by atoms with van der Waals surface area (Å²) < 4.78 is 15.6. The van der Waals surface area contributed by atoms with Crippen molar-refractivity contribution in [2.75, 3.05) is 27.3 Å². The average Bonchev–Trinajstić information content (AvgIpc) is 2.95. The van der Waals surface area contributed by atoms with Crippen LogP contribution in [0.25, 0.3) is 0 Å². The lowest BCUT2D eigenvalue weighted by atomic mass is 10.1. The normalized spacial score (nSPS) is 19.3. The maximum atomic E-state index is 11.4. The molecule has 1 unspecified atom stereocenters. The number of carbonyl (C=O) groups is 1. The van der Waals surface area contributed by atoms with Crippen molar-refractivity contribution in [1.29, 1.82) is 0 Å². The first kappa shape index (κ1) is 14.1. The molecule has 106 valence electrons. The van der Waals surface area contributed by atoms with Gasteiger partial charge in [0.05, 0.1) is 19.3 Å². The van der Waals surface area contributed by atoms with E-state index in [4.69, 9.17) is 9.15 Å². The van der Waals surface area contributed by atoms with Crippen LogP contribution in [0.5, 0.6) is 0 Å². The molecule has 1 saturated heterocycles. The van der Waals surface area contributed by atoms with Gasteiger partial charge in [0.25, 0.3) is 0 Å². The summed E-state index contributed by atoms with van der Waals surface area (Å²) in [6, 6.07) is 3.68. The summed E-state index contributed by atoms with van der Waals surface area (Å²) in [7, 11) is 3.11. The van der Waals surface area contributed by atoms with Crippen molar-refractivity contribution in [3.05, 3.63) is 23.7 Å². The number of hydrogen-bond donors (Lipinski definition) is 0. The monoisotopic (exact) mass is 267 g/mol. The molecule has 1 aliphatic heterocycles. The second-order valence-electron chi connectivity index (χ2n) is 4.84. The lowest BCUT2D eigenvalue weighted by molar-refractivity contribution is 0.0260. The molecule has 1 aliphatic rings. The van der Waals surface area contributed by atoms with Crippen LogP contribution in [0.2, 0.25) is 0 Å². The van der Waals surface area contributed by atoms with Gasteiger partial charge in [0.15, 0.2) is 0 Å². The Morgan fingerprint density at radius 3 is 2.63 bits per heavy atom. The highest BCUT2D eigenvalue weighted by molar-refractivity contribution is 5.86. The summed E-state index contributed by atoms with van der Waals surface area (Å²) in [6.45, 7) is 4.05. The summed E-state index contributed by atoms with van der Waals surface area (Å²) in [5, 5.41) is 0. The number of esters is 1. The van der Waals surface area contributed by atoms with Crippen molar-refractivity contribution in [2.24, 2.45) is 0 Å². The predicted octanol–water partition coefficient (Wildman–Crippen LogP) is 2.24. The van der Waals surface area contributed by atoms with E-state index in [1.54, 1.807) is 13.2 Å². The van der Waals surface area contributed by atoms with Gasteiger partial charge < -0.3 is 13.9 Å². The van der Waals surface area contributed by atoms with Gasteiger partial charge in [0.1, 0.15) is 5.76 Å². The van der Waals surface area contributed by atoms with Crippen molar-refractivity contribution in [1.82, 2.24) is 4.90 Å². The van der Waals surface area contributed by atoms with Gasteiger partial charge in [-0.25, -0.2) is 4.79 Å². The smallest absolute Gasteiger partial charge is 0.373 e. The Morgan fingerprint density at radius 2 is 2.05 bits per heavy atom. The van der Waals surface area contributed by atoms with E-state index in [2.05, 4.69) is 16.6 Å². The lowest BCUT2D eigenvalue weighted by Gasteiger charge is -2.34. The van der Waals surface area contributed by atoms with Crippen LogP contribution in [0.1, 0.15) is 42.1 Å². The van der Waals surface area contributed by atoms with Crippen LogP contribution < -0.4 is 0 Å². The molecule has 0 amide bonds. The van der Waals surface area contributed by atoms with Gasteiger partial charge in [0.2, 0.25) is 5.76 Å². The van der Waals surface area contributed by atoms with Crippen LogP contribution in [0.15, 0.2) is 16.5 Å². The Kier molecular flexibility index (Phi) is 4.61. The van der Waals surface area contributed by atoms with Crippen molar-refractivity contribution < 1.29 is 18.7 Å². The molecule has 0 aliphatic carbocycles. The first-order valence-electron chi connectivity index (χ1n) is 6.60. The summed E-state index contributed by atoms with van der Waals surface area (Å²) in [4.78, 5) is 13.7. The molecule has 0 radical (unpaired) electrons. The average molecular weight is 267 g/mol. The van der Waals surface area contributed by atoms with Gasteiger partial charge in [-0.3, -0.25) is 4.90 Å². The van der Waals surface area contributed by atoms with Gasteiger partial charge in [-0.1, -0.05) is 0 Å². The number of nitrogens with zero attached hydrogens (tertiary/aromatic N) is 1. The second-order valence-corrected chi connectivity index (χ2v) is 4.84. The Labute approximate surface area is 113 Å². The predicted molar refractivity (Wildman–Crippen MR) is 70.1 cm³/mol. The summed E-state index contributed by atoms with van der Waals surface area (Å²) >= 11 is 0. The van der Waals surface area contributed by atoms with Gasteiger partial charge in [0, 0.05) is 20.2 Å². The maximum Gasteiger partial charge on any atom is 0.373 e. The molecule has 0 aromatic carbocycles. The maximum absolute atomic E-state index is 11.4. The molecule has 1 aromatic rings. The van der Waals surface area contributed by atoms with Crippen LogP contribution in [0.3, 0.4) is 0 Å². The minimum atomic E-state index is -0.434. The van der Waals surface area contributed by atoms with Gasteiger partial charge >= 0.3 is 5.97 Å². The van der Waals surface area contributed by atoms with E-state index >= 15 is 0 Å². The van der Waals surface area contributed by atoms with Gasteiger partial charge in [-0.15, -0.1) is 0 Å². The molecule has 1 aromatic heterocycles. The number of carbonyl (C=O) groups excluding carboxylic acids is 1. The molecule has 1 atom stereocenters. The Morgan fingerprint density at radius 1 is 1.37 bits per heavy atom. The second kappa shape index (κ2) is 6.21. The van der Waals surface area contributed by atoms with E-state index in [-0.39, 0.29) is 11.8 Å². The molecule has 2 rings (SSSR count). The standard InChI is InChI=1S/C14H21NO4/c1-10(15-8-6-11(17-2)7-9-15)12-4-5-13(19-12)14(16)18-3/h4-5,10-11H,6-9H2,1-3H3. The van der Waals surface area contributed by atoms with Crippen molar-refractivity contribution >= 4 is 5.97 Å². The number of furan rings is 1. The van der Waals surface area contributed by atoms with Gasteiger partial charge in [-0.05, 0) is 31.9 Å². The van der Waals surface area contributed by atoms with E-state index in [0.717, 1.165) is 31.7 Å². The molecule has 0 spiro atoms. The molecule has 19 heavy (non-hydrogen) atoms. The van der Waals surface area contributed by atoms with E-state index in [9.17, 15) is 4.79 Å². The zero-order valence-electron chi connectivity index (χ0n) is 11.7. The molecule has 5 heteroatoms. The lowest BCUT2D eigenvalue weighted by Crippen LogP contribution is -2.38. The highest BCUT2D eigenvalue weighted by Gasteiger charge is 2.25. The SMILES string of the molecule is COC(=O)c1ccc(C(C)N2CCC(OC)CC2)o1. The molecule has 5 nitrogen and oxygen atoms in total. The summed E-state index contributed by atoms with van der Waals surface area (Å²) in [5.41, 5.74) is 0. The van der Waals surface area contributed by atoms with Crippen molar-refractivity contribution in [2.45, 2.75) is 31.9 Å². The van der Waals surface area contributed by atoms with E-state index < -0.39 is 5.97 Å². The van der Waals surface area contributed by atoms with Crippen molar-refractivity contribution in [3.8, 4) is 0 Å². The third kappa shape index (κ3) is 3.16. The minimum Gasteiger partial charge on any atom is -0.463 e. The van der Waals surface area contributed by atoms with Crippen LogP contribution in [-0.2, 0) is 9.47 Å². The minimum absolute atomic E-state index is 0.163. The topological polar surface area (TPSA) is 51.9 Å². The quantitative estimate of drug-likeness (QED) is 0.783. The fourth-order valence-corrected chi connectivity index (χ4v) is 2.47. The fourth-order valence-electron chi connectivity index (χ4n) is 2.47. The Bertz CT molecular complexity index is 421.